The highest BCUT2D eigenvalue weighted by molar-refractivity contribution is 7.10. The van der Waals surface area contributed by atoms with Crippen LogP contribution in [0, 0.1) is 0 Å². The standard InChI is InChI=1S/C10H14OS/c1-2-3-7-11-8-6-10-5-4-9-12-10/h4-6,8-9H,2-3,7H2,1H3/b8-6+. The summed E-state index contributed by atoms with van der Waals surface area (Å²) >= 11 is 1.72. The molecule has 0 aliphatic heterocycles. The summed E-state index contributed by atoms with van der Waals surface area (Å²) in [6.45, 7) is 2.99. The van der Waals surface area contributed by atoms with Gasteiger partial charge >= 0.3 is 0 Å². The van der Waals surface area contributed by atoms with E-state index in [9.17, 15) is 0 Å². The van der Waals surface area contributed by atoms with Crippen LogP contribution in [-0.4, -0.2) is 6.61 Å². The predicted molar refractivity (Wildman–Crippen MR) is 54.2 cm³/mol. The molecule has 1 nitrogen and oxygen atoms in total. The molecule has 1 rings (SSSR count). The molecule has 66 valence electrons. The summed E-state index contributed by atoms with van der Waals surface area (Å²) in [5.41, 5.74) is 0. The summed E-state index contributed by atoms with van der Waals surface area (Å²) in [5.74, 6) is 0. The fraction of sp³-hybridized carbons (Fsp3) is 0.400. The minimum atomic E-state index is 0.832. The van der Waals surface area contributed by atoms with Crippen molar-refractivity contribution in [2.75, 3.05) is 6.61 Å². The number of hydrogen-bond donors (Lipinski definition) is 0. The lowest BCUT2D eigenvalue weighted by Crippen LogP contribution is -1.84. The second-order valence-corrected chi connectivity index (χ2v) is 3.52. The van der Waals surface area contributed by atoms with Gasteiger partial charge in [0, 0.05) is 4.88 Å². The Labute approximate surface area is 77.7 Å². The molecule has 1 aromatic heterocycles. The van der Waals surface area contributed by atoms with Crippen molar-refractivity contribution in [2.24, 2.45) is 0 Å². The van der Waals surface area contributed by atoms with Gasteiger partial charge in [0.25, 0.3) is 0 Å². The Morgan fingerprint density at radius 2 is 2.50 bits per heavy atom. The lowest BCUT2D eigenvalue weighted by Gasteiger charge is -1.96. The zero-order valence-corrected chi connectivity index (χ0v) is 8.14. The molecule has 1 heterocycles. The van der Waals surface area contributed by atoms with E-state index in [1.165, 1.54) is 11.3 Å². The van der Waals surface area contributed by atoms with Crippen LogP contribution < -0.4 is 0 Å². The van der Waals surface area contributed by atoms with Gasteiger partial charge < -0.3 is 4.74 Å². The minimum Gasteiger partial charge on any atom is -0.501 e. The van der Waals surface area contributed by atoms with Gasteiger partial charge in [0.1, 0.15) is 0 Å². The first-order valence-electron chi connectivity index (χ1n) is 4.25. The third-order valence-corrected chi connectivity index (χ3v) is 2.33. The van der Waals surface area contributed by atoms with E-state index >= 15 is 0 Å². The lowest BCUT2D eigenvalue weighted by molar-refractivity contribution is 0.246. The van der Waals surface area contributed by atoms with Crippen LogP contribution >= 0.6 is 11.3 Å². The largest absolute Gasteiger partial charge is 0.501 e. The molecule has 0 spiro atoms. The van der Waals surface area contributed by atoms with Crippen LogP contribution in [0.3, 0.4) is 0 Å². The molecule has 0 amide bonds. The van der Waals surface area contributed by atoms with Gasteiger partial charge in [-0.1, -0.05) is 19.4 Å². The van der Waals surface area contributed by atoms with Crippen molar-refractivity contribution >= 4 is 17.4 Å². The van der Waals surface area contributed by atoms with Crippen LogP contribution in [0.2, 0.25) is 0 Å². The zero-order chi connectivity index (χ0) is 8.65. The molecule has 2 heteroatoms. The quantitative estimate of drug-likeness (QED) is 0.500. The molecule has 0 radical (unpaired) electrons. The molecule has 0 fully saturated rings. The van der Waals surface area contributed by atoms with E-state index < -0.39 is 0 Å². The SMILES string of the molecule is CCCCO/C=C/c1cccs1. The summed E-state index contributed by atoms with van der Waals surface area (Å²) < 4.78 is 5.27. The number of thiophene rings is 1. The first-order valence-corrected chi connectivity index (χ1v) is 5.13. The van der Waals surface area contributed by atoms with E-state index in [2.05, 4.69) is 18.4 Å². The highest BCUT2D eigenvalue weighted by atomic mass is 32.1. The maximum absolute atomic E-state index is 5.27. The second kappa shape index (κ2) is 5.84. The van der Waals surface area contributed by atoms with Crippen LogP contribution in [0.25, 0.3) is 6.08 Å². The second-order valence-electron chi connectivity index (χ2n) is 2.54. The van der Waals surface area contributed by atoms with Gasteiger partial charge in [0.05, 0.1) is 12.9 Å². The molecule has 0 aromatic carbocycles. The average Bonchev–Trinajstić information content (AvgIpc) is 2.57. The van der Waals surface area contributed by atoms with Crippen molar-refractivity contribution in [3.05, 3.63) is 28.7 Å². The molecular weight excluding hydrogens is 168 g/mol. The Morgan fingerprint density at radius 3 is 3.17 bits per heavy atom. The Bertz CT molecular complexity index is 214. The molecule has 0 saturated heterocycles. The van der Waals surface area contributed by atoms with Gasteiger partial charge in [-0.3, -0.25) is 0 Å². The molecule has 1 aromatic rings. The number of unbranched alkanes of at least 4 members (excludes halogenated alkanes) is 1. The van der Waals surface area contributed by atoms with Crippen molar-refractivity contribution in [2.45, 2.75) is 19.8 Å². The minimum absolute atomic E-state index is 0.832. The third-order valence-electron chi connectivity index (χ3n) is 1.49. The first kappa shape index (κ1) is 9.33. The summed E-state index contributed by atoms with van der Waals surface area (Å²) in [5, 5.41) is 2.06. The maximum atomic E-state index is 5.27. The smallest absolute Gasteiger partial charge is 0.0873 e. The lowest BCUT2D eigenvalue weighted by atomic mass is 10.4. The molecule has 0 aliphatic carbocycles. The van der Waals surface area contributed by atoms with Crippen molar-refractivity contribution in [3.63, 3.8) is 0 Å². The maximum Gasteiger partial charge on any atom is 0.0873 e. The molecule has 0 N–H and O–H groups in total. The van der Waals surface area contributed by atoms with Gasteiger partial charge in [0.2, 0.25) is 0 Å². The van der Waals surface area contributed by atoms with E-state index in [4.69, 9.17) is 4.74 Å². The molecule has 0 bridgehead atoms. The highest BCUT2D eigenvalue weighted by Crippen LogP contribution is 2.09. The van der Waals surface area contributed by atoms with Crippen molar-refractivity contribution in [1.82, 2.24) is 0 Å². The molecular formula is C10H14OS. The van der Waals surface area contributed by atoms with Gasteiger partial charge in [-0.05, 0) is 23.9 Å². The van der Waals surface area contributed by atoms with E-state index in [0.717, 1.165) is 13.0 Å². The van der Waals surface area contributed by atoms with E-state index in [1.54, 1.807) is 17.6 Å². The summed E-state index contributed by atoms with van der Waals surface area (Å²) in [6, 6.07) is 4.11. The summed E-state index contributed by atoms with van der Waals surface area (Å²) in [4.78, 5) is 1.24. The normalized spacial score (nSPS) is 10.8. The molecule has 0 saturated carbocycles. The third kappa shape index (κ3) is 3.58. The molecule has 0 aliphatic rings. The summed E-state index contributed by atoms with van der Waals surface area (Å²) in [7, 11) is 0. The monoisotopic (exact) mass is 182 g/mol. The van der Waals surface area contributed by atoms with Crippen molar-refractivity contribution in [3.8, 4) is 0 Å². The van der Waals surface area contributed by atoms with Crippen molar-refractivity contribution in [1.29, 1.82) is 0 Å². The van der Waals surface area contributed by atoms with Crippen LogP contribution in [-0.2, 0) is 4.74 Å². The Hall–Kier alpha value is -0.760. The Morgan fingerprint density at radius 1 is 1.58 bits per heavy atom. The van der Waals surface area contributed by atoms with Crippen LogP contribution in [0.1, 0.15) is 24.6 Å². The zero-order valence-electron chi connectivity index (χ0n) is 7.32. The van der Waals surface area contributed by atoms with Gasteiger partial charge in [-0.2, -0.15) is 0 Å². The molecule has 0 atom stereocenters. The summed E-state index contributed by atoms with van der Waals surface area (Å²) in [6.07, 6.45) is 6.10. The van der Waals surface area contributed by atoms with E-state index in [0.29, 0.717) is 0 Å². The topological polar surface area (TPSA) is 9.23 Å². The fourth-order valence-corrected chi connectivity index (χ4v) is 1.40. The Kier molecular flexibility index (Phi) is 4.54. The first-order chi connectivity index (χ1) is 5.93. The van der Waals surface area contributed by atoms with Crippen LogP contribution in [0.5, 0.6) is 0 Å². The molecule has 12 heavy (non-hydrogen) atoms. The van der Waals surface area contributed by atoms with Crippen molar-refractivity contribution < 1.29 is 4.74 Å². The number of ether oxygens (including phenoxy) is 1. The average molecular weight is 182 g/mol. The highest BCUT2D eigenvalue weighted by Gasteiger charge is 1.84. The van der Waals surface area contributed by atoms with Crippen LogP contribution in [0.15, 0.2) is 23.8 Å². The van der Waals surface area contributed by atoms with Crippen LogP contribution in [0.4, 0.5) is 0 Å². The van der Waals surface area contributed by atoms with Gasteiger partial charge in [-0.15, -0.1) is 11.3 Å². The van der Waals surface area contributed by atoms with E-state index in [-0.39, 0.29) is 0 Å². The molecule has 0 unspecified atom stereocenters. The predicted octanol–water partition coefficient (Wildman–Crippen LogP) is 3.54. The fourth-order valence-electron chi connectivity index (χ4n) is 0.797. The number of hydrogen-bond acceptors (Lipinski definition) is 2. The van der Waals surface area contributed by atoms with Gasteiger partial charge in [-0.25, -0.2) is 0 Å². The van der Waals surface area contributed by atoms with E-state index in [1.807, 2.05) is 12.1 Å². The van der Waals surface area contributed by atoms with Gasteiger partial charge in [0.15, 0.2) is 0 Å². The number of rotatable bonds is 5. The Balaban J connectivity index is 2.14.